The van der Waals surface area contributed by atoms with Crippen LogP contribution in [-0.4, -0.2) is 12.6 Å². The smallest absolute Gasteiger partial charge is 0.231 e. The molecule has 32 heavy (non-hydrogen) atoms. The van der Waals surface area contributed by atoms with Gasteiger partial charge in [-0.05, 0) is 47.7 Å². The lowest BCUT2D eigenvalue weighted by Crippen LogP contribution is -2.42. The van der Waals surface area contributed by atoms with Crippen molar-refractivity contribution in [1.29, 1.82) is 5.26 Å². The first-order valence-electron chi connectivity index (χ1n) is 10.4. The van der Waals surface area contributed by atoms with Crippen LogP contribution in [0.25, 0.3) is 0 Å². The number of hydrogen-bond acceptors (Lipinski definition) is 6. The molecule has 162 valence electrons. The normalized spacial score (nSPS) is 21.5. The predicted octanol–water partition coefficient (Wildman–Crippen LogP) is 5.01. The molecule has 1 aliphatic carbocycles. The van der Waals surface area contributed by atoms with E-state index < -0.39 is 5.92 Å². The van der Waals surface area contributed by atoms with Crippen molar-refractivity contribution in [1.82, 2.24) is 0 Å². The fourth-order valence-electron chi connectivity index (χ4n) is 4.84. The molecular weight excluding hydrogens is 426 g/mol. The minimum Gasteiger partial charge on any atom is -0.454 e. The number of Topliss-reactive ketones (excluding diaryl/α,β-unsaturated/α-hetero) is 1. The van der Waals surface area contributed by atoms with Crippen molar-refractivity contribution in [3.05, 3.63) is 75.7 Å². The van der Waals surface area contributed by atoms with Crippen molar-refractivity contribution in [2.24, 2.45) is 11.1 Å². The highest BCUT2D eigenvalue weighted by atomic mass is 35.5. The van der Waals surface area contributed by atoms with Gasteiger partial charge < -0.3 is 15.2 Å². The van der Waals surface area contributed by atoms with Crippen molar-refractivity contribution >= 4 is 23.1 Å². The summed E-state index contributed by atoms with van der Waals surface area (Å²) in [5.41, 5.74) is 9.65. The zero-order chi connectivity index (χ0) is 22.6. The molecule has 0 saturated heterocycles. The SMILES string of the molecule is CC1(C)CC(=O)C2=C(C1)N(c1cccc(Cl)c1)C(N)=C(C#N)[C@@H]2c1ccc2c(c1)OCO2. The molecule has 7 heteroatoms. The second-order valence-electron chi connectivity index (χ2n) is 9.07. The van der Waals surface area contributed by atoms with Crippen LogP contribution in [0.5, 0.6) is 11.5 Å². The highest BCUT2D eigenvalue weighted by molar-refractivity contribution is 6.30. The lowest BCUT2D eigenvalue weighted by molar-refractivity contribution is -0.118. The maximum atomic E-state index is 13.5. The fourth-order valence-corrected chi connectivity index (χ4v) is 5.03. The molecule has 0 spiro atoms. The van der Waals surface area contributed by atoms with Crippen LogP contribution in [0.1, 0.15) is 38.2 Å². The van der Waals surface area contributed by atoms with Gasteiger partial charge in [-0.15, -0.1) is 0 Å². The molecule has 0 radical (unpaired) electrons. The lowest BCUT2D eigenvalue weighted by Gasteiger charge is -2.43. The van der Waals surface area contributed by atoms with Crippen molar-refractivity contribution in [2.45, 2.75) is 32.6 Å². The number of fused-ring (bicyclic) bond motifs is 1. The lowest BCUT2D eigenvalue weighted by atomic mass is 9.68. The number of ether oxygens (including phenoxy) is 2. The summed E-state index contributed by atoms with van der Waals surface area (Å²) < 4.78 is 11.0. The zero-order valence-electron chi connectivity index (χ0n) is 17.8. The minimum absolute atomic E-state index is 0.0196. The molecule has 2 aromatic carbocycles. The van der Waals surface area contributed by atoms with Gasteiger partial charge in [-0.25, -0.2) is 0 Å². The summed E-state index contributed by atoms with van der Waals surface area (Å²) in [5, 5.41) is 10.7. The highest BCUT2D eigenvalue weighted by Gasteiger charge is 2.45. The average Bonchev–Trinajstić information content (AvgIpc) is 3.20. The first-order chi connectivity index (χ1) is 15.3. The summed E-state index contributed by atoms with van der Waals surface area (Å²) in [7, 11) is 0. The molecule has 0 aromatic heterocycles. The van der Waals surface area contributed by atoms with Gasteiger partial charge >= 0.3 is 0 Å². The molecule has 3 aliphatic rings. The maximum absolute atomic E-state index is 13.5. The topological polar surface area (TPSA) is 88.6 Å². The van der Waals surface area contributed by atoms with Crippen LogP contribution in [0, 0.1) is 16.7 Å². The van der Waals surface area contributed by atoms with Crippen LogP contribution in [0.2, 0.25) is 5.02 Å². The Bertz CT molecular complexity index is 1260. The van der Waals surface area contributed by atoms with E-state index in [-0.39, 0.29) is 18.0 Å². The number of carbonyl (C=O) groups is 1. The largest absolute Gasteiger partial charge is 0.454 e. The highest BCUT2D eigenvalue weighted by Crippen LogP contribution is 2.51. The Labute approximate surface area is 191 Å². The molecule has 2 N–H and O–H groups in total. The van der Waals surface area contributed by atoms with Gasteiger partial charge in [0.05, 0.1) is 17.6 Å². The first-order valence-corrected chi connectivity index (χ1v) is 10.8. The number of nitrogens with two attached hydrogens (primary N) is 1. The van der Waals surface area contributed by atoms with Crippen LogP contribution in [0.15, 0.2) is 65.1 Å². The number of halogens is 1. The van der Waals surface area contributed by atoms with Gasteiger partial charge in [0.15, 0.2) is 17.3 Å². The summed E-state index contributed by atoms with van der Waals surface area (Å²) in [6.45, 7) is 4.29. The third-order valence-corrected chi connectivity index (χ3v) is 6.41. The maximum Gasteiger partial charge on any atom is 0.231 e. The van der Waals surface area contributed by atoms with E-state index in [2.05, 4.69) is 19.9 Å². The predicted molar refractivity (Wildman–Crippen MR) is 121 cm³/mol. The quantitative estimate of drug-likeness (QED) is 0.696. The van der Waals surface area contributed by atoms with Crippen molar-refractivity contribution < 1.29 is 14.3 Å². The second-order valence-corrected chi connectivity index (χ2v) is 9.51. The molecule has 0 saturated carbocycles. The molecule has 5 rings (SSSR count). The number of hydrogen-bond donors (Lipinski definition) is 1. The van der Waals surface area contributed by atoms with Gasteiger partial charge in [0.1, 0.15) is 5.82 Å². The third kappa shape index (κ3) is 3.21. The van der Waals surface area contributed by atoms with Gasteiger partial charge in [-0.1, -0.05) is 37.6 Å². The number of carbonyl (C=O) groups excluding carboxylic acids is 1. The first kappa shape index (κ1) is 20.5. The van der Waals surface area contributed by atoms with Crippen LogP contribution in [0.3, 0.4) is 0 Å². The van der Waals surface area contributed by atoms with Gasteiger partial charge in [0.25, 0.3) is 0 Å². The van der Waals surface area contributed by atoms with E-state index in [1.807, 2.05) is 35.2 Å². The van der Waals surface area contributed by atoms with Gasteiger partial charge in [-0.2, -0.15) is 5.26 Å². The van der Waals surface area contributed by atoms with Crippen molar-refractivity contribution in [2.75, 3.05) is 11.7 Å². The average molecular weight is 448 g/mol. The van der Waals surface area contributed by atoms with E-state index in [1.54, 1.807) is 12.1 Å². The molecule has 6 nitrogen and oxygen atoms in total. The van der Waals surface area contributed by atoms with Gasteiger partial charge in [0.2, 0.25) is 6.79 Å². The number of anilines is 1. The molecule has 2 aromatic rings. The monoisotopic (exact) mass is 447 g/mol. The van der Waals surface area contributed by atoms with E-state index in [1.165, 1.54) is 0 Å². The number of benzene rings is 2. The Hall–Kier alpha value is -3.43. The molecule has 2 aliphatic heterocycles. The van der Waals surface area contributed by atoms with E-state index in [0.717, 1.165) is 16.9 Å². The Morgan fingerprint density at radius 2 is 1.94 bits per heavy atom. The van der Waals surface area contributed by atoms with Crippen molar-refractivity contribution in [3.63, 3.8) is 0 Å². The second kappa shape index (κ2) is 7.32. The van der Waals surface area contributed by atoms with Crippen LogP contribution >= 0.6 is 11.6 Å². The molecule has 0 bridgehead atoms. The Morgan fingerprint density at radius 1 is 1.16 bits per heavy atom. The number of allylic oxidation sites excluding steroid dienone is 3. The number of rotatable bonds is 2. The minimum atomic E-state index is -0.566. The molecule has 1 atom stereocenters. The summed E-state index contributed by atoms with van der Waals surface area (Å²) >= 11 is 6.26. The zero-order valence-corrected chi connectivity index (χ0v) is 18.6. The summed E-state index contributed by atoms with van der Waals surface area (Å²) in [5.74, 6) is 1.00. The molecule has 2 heterocycles. The van der Waals surface area contributed by atoms with Crippen LogP contribution in [-0.2, 0) is 4.79 Å². The van der Waals surface area contributed by atoms with E-state index >= 15 is 0 Å². The molecular formula is C25H22ClN3O3. The Morgan fingerprint density at radius 3 is 2.69 bits per heavy atom. The van der Waals surface area contributed by atoms with Crippen molar-refractivity contribution in [3.8, 4) is 17.6 Å². The third-order valence-electron chi connectivity index (χ3n) is 6.18. The fraction of sp³-hybridized carbons (Fsp3) is 0.280. The summed E-state index contributed by atoms with van der Waals surface area (Å²) in [4.78, 5) is 15.4. The number of nitriles is 1. The van der Waals surface area contributed by atoms with Crippen LogP contribution in [0.4, 0.5) is 5.69 Å². The molecule has 0 unspecified atom stereocenters. The van der Waals surface area contributed by atoms with E-state index in [0.29, 0.717) is 46.3 Å². The standard InChI is InChI=1S/C25H22ClN3O3/c1-25(2)10-18-23(19(30)11-25)22(14-6-7-20-21(8-14)32-13-31-20)17(12-27)24(28)29(18)16-5-3-4-15(26)9-16/h3-9,22H,10-11,13,28H2,1-2H3/t22-/m0/s1. The number of ketones is 1. The van der Waals surface area contributed by atoms with Gasteiger partial charge in [0, 0.05) is 28.4 Å². The summed E-state index contributed by atoms with van der Waals surface area (Å²) in [6, 6.07) is 15.1. The molecule has 0 amide bonds. The van der Waals surface area contributed by atoms with Crippen LogP contribution < -0.4 is 20.1 Å². The van der Waals surface area contributed by atoms with Gasteiger partial charge in [-0.3, -0.25) is 9.69 Å². The van der Waals surface area contributed by atoms with E-state index in [4.69, 9.17) is 26.8 Å². The summed E-state index contributed by atoms with van der Waals surface area (Å²) in [6.07, 6.45) is 1.04. The van der Waals surface area contributed by atoms with E-state index in [9.17, 15) is 10.1 Å². The number of nitrogens with zero attached hydrogens (tertiary/aromatic N) is 2. The Kier molecular flexibility index (Phi) is 4.68. The Balaban J connectivity index is 1.75. The molecule has 0 fully saturated rings.